The van der Waals surface area contributed by atoms with Crippen molar-refractivity contribution in [3.8, 4) is 0 Å². The summed E-state index contributed by atoms with van der Waals surface area (Å²) >= 11 is 0. The van der Waals surface area contributed by atoms with E-state index in [0.717, 1.165) is 25.7 Å². The van der Waals surface area contributed by atoms with Gasteiger partial charge in [0.15, 0.2) is 0 Å². The Bertz CT molecular complexity index is 258. The van der Waals surface area contributed by atoms with E-state index in [1.54, 1.807) is 12.5 Å². The van der Waals surface area contributed by atoms with E-state index >= 15 is 0 Å². The number of aliphatic hydroxyl groups is 1. The number of ether oxygens (including phenoxy) is 2. The SMILES string of the molecule is CCCCCC1(C2(C(C)O)CC2)OC=CO1. The quantitative estimate of drug-likeness (QED) is 0.708. The Hall–Kier alpha value is -0.700. The van der Waals surface area contributed by atoms with E-state index in [1.165, 1.54) is 12.8 Å². The van der Waals surface area contributed by atoms with Crippen LogP contribution in [0.3, 0.4) is 0 Å². The van der Waals surface area contributed by atoms with Crippen molar-refractivity contribution < 1.29 is 14.6 Å². The van der Waals surface area contributed by atoms with Gasteiger partial charge in [-0.1, -0.05) is 19.8 Å². The third kappa shape index (κ3) is 1.71. The van der Waals surface area contributed by atoms with Gasteiger partial charge in [-0.15, -0.1) is 0 Å². The molecule has 1 heterocycles. The summed E-state index contributed by atoms with van der Waals surface area (Å²) in [6.45, 7) is 4.03. The minimum atomic E-state index is -0.587. The van der Waals surface area contributed by atoms with E-state index in [2.05, 4.69) is 6.92 Å². The number of hydrogen-bond donors (Lipinski definition) is 1. The van der Waals surface area contributed by atoms with Gasteiger partial charge in [-0.25, -0.2) is 0 Å². The third-order valence-corrected chi connectivity index (χ3v) is 4.03. The van der Waals surface area contributed by atoms with Crippen molar-refractivity contribution in [2.45, 2.75) is 64.3 Å². The molecule has 2 aliphatic rings. The molecule has 1 aliphatic heterocycles. The molecule has 1 atom stereocenters. The molecule has 1 aliphatic carbocycles. The number of rotatable bonds is 6. The molecule has 0 aromatic heterocycles. The molecule has 2 rings (SSSR count). The highest BCUT2D eigenvalue weighted by molar-refractivity contribution is 5.10. The highest BCUT2D eigenvalue weighted by Gasteiger charge is 2.66. The van der Waals surface area contributed by atoms with Gasteiger partial charge in [0.2, 0.25) is 0 Å². The van der Waals surface area contributed by atoms with E-state index in [4.69, 9.17) is 9.47 Å². The minimum absolute atomic E-state index is 0.176. The van der Waals surface area contributed by atoms with Gasteiger partial charge in [-0.2, -0.15) is 0 Å². The van der Waals surface area contributed by atoms with Crippen LogP contribution in [0.25, 0.3) is 0 Å². The van der Waals surface area contributed by atoms with E-state index in [0.29, 0.717) is 0 Å². The summed E-state index contributed by atoms with van der Waals surface area (Å²) in [5.74, 6) is -0.587. The molecule has 92 valence electrons. The molecule has 0 spiro atoms. The summed E-state index contributed by atoms with van der Waals surface area (Å²) in [6, 6.07) is 0. The van der Waals surface area contributed by atoms with Crippen LogP contribution >= 0.6 is 0 Å². The Kier molecular flexibility index (Phi) is 3.15. The standard InChI is InChI=1S/C13H22O3/c1-3-4-5-6-13(15-9-10-16-13)12(7-8-12)11(2)14/h9-11,14H,3-8H2,1-2H3. The predicted octanol–water partition coefficient (Wildman–Crippen LogP) is 2.94. The van der Waals surface area contributed by atoms with Crippen molar-refractivity contribution in [3.05, 3.63) is 12.5 Å². The fourth-order valence-electron chi connectivity index (χ4n) is 2.76. The van der Waals surface area contributed by atoms with Crippen LogP contribution in [0.1, 0.15) is 52.4 Å². The zero-order chi connectivity index (χ0) is 11.6. The predicted molar refractivity (Wildman–Crippen MR) is 61.5 cm³/mol. The Labute approximate surface area is 97.4 Å². The summed E-state index contributed by atoms with van der Waals surface area (Å²) in [5.41, 5.74) is -0.176. The van der Waals surface area contributed by atoms with E-state index in [9.17, 15) is 5.11 Å². The van der Waals surface area contributed by atoms with E-state index in [-0.39, 0.29) is 11.5 Å². The summed E-state index contributed by atoms with van der Waals surface area (Å²) in [6.07, 6.45) is 9.20. The maximum absolute atomic E-state index is 9.94. The first-order valence-corrected chi connectivity index (χ1v) is 6.35. The Balaban J connectivity index is 2.04. The second-order valence-corrected chi connectivity index (χ2v) is 5.05. The van der Waals surface area contributed by atoms with Crippen LogP contribution in [-0.4, -0.2) is 17.0 Å². The van der Waals surface area contributed by atoms with Gasteiger partial charge in [0.1, 0.15) is 12.5 Å². The highest BCUT2D eigenvalue weighted by atomic mass is 16.7. The lowest BCUT2D eigenvalue weighted by Crippen LogP contribution is -2.46. The summed E-state index contributed by atoms with van der Waals surface area (Å²) in [7, 11) is 0. The van der Waals surface area contributed by atoms with E-state index < -0.39 is 5.79 Å². The van der Waals surface area contributed by atoms with Crippen molar-refractivity contribution in [3.63, 3.8) is 0 Å². The fraction of sp³-hybridized carbons (Fsp3) is 0.846. The molecule has 0 radical (unpaired) electrons. The molecule has 0 saturated heterocycles. The van der Waals surface area contributed by atoms with Crippen molar-refractivity contribution in [2.24, 2.45) is 5.41 Å². The van der Waals surface area contributed by atoms with Gasteiger partial charge in [-0.3, -0.25) is 0 Å². The average molecular weight is 226 g/mol. The molecule has 3 heteroatoms. The van der Waals surface area contributed by atoms with Crippen molar-refractivity contribution in [1.29, 1.82) is 0 Å². The minimum Gasteiger partial charge on any atom is -0.456 e. The van der Waals surface area contributed by atoms with Gasteiger partial charge >= 0.3 is 0 Å². The first-order chi connectivity index (χ1) is 7.67. The van der Waals surface area contributed by atoms with E-state index in [1.807, 2.05) is 6.92 Å². The molecular weight excluding hydrogens is 204 g/mol. The van der Waals surface area contributed by atoms with Gasteiger partial charge in [0, 0.05) is 6.42 Å². The molecule has 0 aromatic carbocycles. The average Bonchev–Trinajstić information content (AvgIpc) is 2.96. The smallest absolute Gasteiger partial charge is 0.257 e. The Morgan fingerprint density at radius 1 is 1.25 bits per heavy atom. The van der Waals surface area contributed by atoms with Crippen LogP contribution in [0.2, 0.25) is 0 Å². The molecule has 1 N–H and O–H groups in total. The molecule has 0 aromatic rings. The molecule has 16 heavy (non-hydrogen) atoms. The van der Waals surface area contributed by atoms with Crippen LogP contribution in [-0.2, 0) is 9.47 Å². The van der Waals surface area contributed by atoms with Crippen LogP contribution in [0.5, 0.6) is 0 Å². The molecular formula is C13H22O3. The van der Waals surface area contributed by atoms with Gasteiger partial charge < -0.3 is 14.6 Å². The van der Waals surface area contributed by atoms with Gasteiger partial charge in [-0.05, 0) is 26.2 Å². The normalized spacial score (nSPS) is 25.9. The topological polar surface area (TPSA) is 38.7 Å². The molecule has 1 saturated carbocycles. The maximum Gasteiger partial charge on any atom is 0.257 e. The second-order valence-electron chi connectivity index (χ2n) is 5.05. The van der Waals surface area contributed by atoms with Gasteiger partial charge in [0.05, 0.1) is 11.5 Å². The van der Waals surface area contributed by atoms with Crippen LogP contribution in [0.15, 0.2) is 12.5 Å². The summed E-state index contributed by atoms with van der Waals surface area (Å²) in [4.78, 5) is 0. The Morgan fingerprint density at radius 2 is 1.88 bits per heavy atom. The lowest BCUT2D eigenvalue weighted by atomic mass is 9.85. The van der Waals surface area contributed by atoms with Gasteiger partial charge in [0.25, 0.3) is 5.79 Å². The zero-order valence-corrected chi connectivity index (χ0v) is 10.2. The molecule has 0 amide bonds. The Morgan fingerprint density at radius 3 is 2.31 bits per heavy atom. The van der Waals surface area contributed by atoms with Crippen LogP contribution in [0, 0.1) is 5.41 Å². The lowest BCUT2D eigenvalue weighted by molar-refractivity contribution is -0.220. The maximum atomic E-state index is 9.94. The van der Waals surface area contributed by atoms with Crippen molar-refractivity contribution >= 4 is 0 Å². The largest absolute Gasteiger partial charge is 0.456 e. The second kappa shape index (κ2) is 4.28. The molecule has 3 nitrogen and oxygen atoms in total. The van der Waals surface area contributed by atoms with Crippen LogP contribution in [0.4, 0.5) is 0 Å². The number of aliphatic hydroxyl groups excluding tert-OH is 1. The summed E-state index contributed by atoms with van der Waals surface area (Å²) in [5, 5.41) is 9.94. The molecule has 1 fully saturated rings. The fourth-order valence-corrected chi connectivity index (χ4v) is 2.76. The molecule has 0 bridgehead atoms. The van der Waals surface area contributed by atoms with Crippen LogP contribution < -0.4 is 0 Å². The lowest BCUT2D eigenvalue weighted by Gasteiger charge is -2.37. The number of unbranched alkanes of at least 4 members (excludes halogenated alkanes) is 2. The van der Waals surface area contributed by atoms with Crippen molar-refractivity contribution in [1.82, 2.24) is 0 Å². The third-order valence-electron chi connectivity index (χ3n) is 4.03. The van der Waals surface area contributed by atoms with Crippen molar-refractivity contribution in [2.75, 3.05) is 0 Å². The first-order valence-electron chi connectivity index (χ1n) is 6.35. The highest BCUT2D eigenvalue weighted by Crippen LogP contribution is 2.61. The summed E-state index contributed by atoms with van der Waals surface area (Å²) < 4.78 is 11.4. The molecule has 1 unspecified atom stereocenters. The first kappa shape index (κ1) is 11.8. The number of hydrogen-bond acceptors (Lipinski definition) is 3. The zero-order valence-electron chi connectivity index (χ0n) is 10.2. The monoisotopic (exact) mass is 226 g/mol.